The van der Waals surface area contributed by atoms with Crippen LogP contribution in [-0.2, 0) is 6.42 Å². The summed E-state index contributed by atoms with van der Waals surface area (Å²) in [5.41, 5.74) is 9.53. The van der Waals surface area contributed by atoms with Crippen LogP contribution in [0.4, 0.5) is 0 Å². The Balaban J connectivity index is 1.55. The molecule has 1 aromatic carbocycles. The normalized spacial score (nSPS) is 12.1. The lowest BCUT2D eigenvalue weighted by atomic mass is 10.0. The highest BCUT2D eigenvalue weighted by molar-refractivity contribution is 7.10. The quantitative estimate of drug-likeness (QED) is 0.437. The second kappa shape index (κ2) is 8.46. The molecule has 29 heavy (non-hydrogen) atoms. The number of hydrogen-bond acceptors (Lipinski definition) is 5. The summed E-state index contributed by atoms with van der Waals surface area (Å²) >= 11 is 1.58. The van der Waals surface area contributed by atoms with E-state index < -0.39 is 0 Å². The summed E-state index contributed by atoms with van der Waals surface area (Å²) in [5.74, 6) is 0.610. The molecular weight excluding hydrogens is 384 g/mol. The van der Waals surface area contributed by atoms with E-state index in [1.54, 1.807) is 24.6 Å². The van der Waals surface area contributed by atoms with Crippen LogP contribution in [0.1, 0.15) is 32.4 Å². The third-order valence-electron chi connectivity index (χ3n) is 4.93. The number of H-pyrrole nitrogens is 1. The van der Waals surface area contributed by atoms with E-state index in [1.807, 2.05) is 54.0 Å². The van der Waals surface area contributed by atoms with Gasteiger partial charge in [-0.2, -0.15) is 0 Å². The number of carbonyl (C=O) groups excluding carboxylic acids is 1. The summed E-state index contributed by atoms with van der Waals surface area (Å²) in [7, 11) is 1.62. The number of thiophene rings is 1. The summed E-state index contributed by atoms with van der Waals surface area (Å²) in [6.45, 7) is 0.298. The first-order chi connectivity index (χ1) is 14.2. The molecule has 0 aliphatic rings. The van der Waals surface area contributed by atoms with Crippen LogP contribution in [0.5, 0.6) is 5.75 Å². The smallest absolute Gasteiger partial charge is 0.252 e. The van der Waals surface area contributed by atoms with E-state index in [1.165, 1.54) is 0 Å². The minimum atomic E-state index is -0.289. The number of ether oxygens (including phenoxy) is 1. The fraction of sp³-hybridized carbons (Fsp3) is 0.182. The van der Waals surface area contributed by atoms with Gasteiger partial charge < -0.3 is 20.8 Å². The number of amides is 1. The highest BCUT2D eigenvalue weighted by atomic mass is 32.1. The monoisotopic (exact) mass is 406 g/mol. The van der Waals surface area contributed by atoms with E-state index in [0.29, 0.717) is 18.5 Å². The highest BCUT2D eigenvalue weighted by Crippen LogP contribution is 2.25. The Kier molecular flexibility index (Phi) is 5.59. The molecule has 4 rings (SSSR count). The van der Waals surface area contributed by atoms with E-state index in [-0.39, 0.29) is 11.9 Å². The maximum atomic E-state index is 13.0. The maximum Gasteiger partial charge on any atom is 0.252 e. The molecule has 3 aromatic heterocycles. The first-order valence-corrected chi connectivity index (χ1v) is 10.2. The molecule has 0 aliphatic carbocycles. The fourth-order valence-corrected chi connectivity index (χ4v) is 4.29. The maximum absolute atomic E-state index is 13.0. The SMILES string of the molecule is COc1cccc(C(CN)NC(=O)c2ccsc2Cc2ccnc3[nH]ccc23)c1. The first kappa shape index (κ1) is 19.2. The van der Waals surface area contributed by atoms with Gasteiger partial charge in [0, 0.05) is 35.6 Å². The third-order valence-corrected chi connectivity index (χ3v) is 5.85. The highest BCUT2D eigenvalue weighted by Gasteiger charge is 2.19. The predicted octanol–water partition coefficient (Wildman–Crippen LogP) is 3.65. The predicted molar refractivity (Wildman–Crippen MR) is 115 cm³/mol. The van der Waals surface area contributed by atoms with Crippen molar-refractivity contribution < 1.29 is 9.53 Å². The van der Waals surface area contributed by atoms with Gasteiger partial charge in [-0.05, 0) is 46.8 Å². The van der Waals surface area contributed by atoms with Crippen molar-refractivity contribution in [1.29, 1.82) is 0 Å². The molecular formula is C22H22N4O2S. The second-order valence-electron chi connectivity index (χ2n) is 6.68. The molecule has 1 atom stereocenters. The Hall–Kier alpha value is -3.16. The van der Waals surface area contributed by atoms with E-state index in [2.05, 4.69) is 15.3 Å². The van der Waals surface area contributed by atoms with Crippen molar-refractivity contribution in [2.45, 2.75) is 12.5 Å². The van der Waals surface area contributed by atoms with Gasteiger partial charge in [0.1, 0.15) is 11.4 Å². The van der Waals surface area contributed by atoms with Crippen molar-refractivity contribution >= 4 is 28.3 Å². The average Bonchev–Trinajstić information content (AvgIpc) is 3.42. The lowest BCUT2D eigenvalue weighted by Gasteiger charge is -2.18. The standard InChI is InChI=1S/C22H22N4O2S/c1-28-16-4-2-3-15(11-16)19(13-23)26-22(27)18-7-10-29-20(18)12-14-5-8-24-21-17(14)6-9-25-21/h2-11,19H,12-13,23H2,1H3,(H,24,25)(H,26,27). The molecule has 0 spiro atoms. The largest absolute Gasteiger partial charge is 0.497 e. The minimum Gasteiger partial charge on any atom is -0.497 e. The number of aromatic amines is 1. The number of aromatic nitrogens is 2. The molecule has 0 saturated heterocycles. The topological polar surface area (TPSA) is 93.0 Å². The Morgan fingerprint density at radius 2 is 2.21 bits per heavy atom. The van der Waals surface area contributed by atoms with Crippen LogP contribution in [0.25, 0.3) is 11.0 Å². The number of carbonyl (C=O) groups is 1. The molecule has 0 saturated carbocycles. The Bertz CT molecular complexity index is 1130. The van der Waals surface area contributed by atoms with E-state index >= 15 is 0 Å². The van der Waals surface area contributed by atoms with Crippen LogP contribution in [0, 0.1) is 0 Å². The molecule has 4 N–H and O–H groups in total. The van der Waals surface area contributed by atoms with Gasteiger partial charge in [-0.15, -0.1) is 11.3 Å². The minimum absolute atomic E-state index is 0.126. The number of pyridine rings is 1. The number of nitrogens with two attached hydrogens (primary N) is 1. The van der Waals surface area contributed by atoms with Gasteiger partial charge in [-0.25, -0.2) is 4.98 Å². The zero-order valence-electron chi connectivity index (χ0n) is 16.0. The molecule has 0 aliphatic heterocycles. The van der Waals surface area contributed by atoms with E-state index in [9.17, 15) is 4.79 Å². The van der Waals surface area contributed by atoms with Crippen molar-refractivity contribution in [3.63, 3.8) is 0 Å². The molecule has 1 amide bonds. The zero-order chi connectivity index (χ0) is 20.2. The van der Waals surface area contributed by atoms with Gasteiger partial charge in [-0.1, -0.05) is 12.1 Å². The van der Waals surface area contributed by atoms with Gasteiger partial charge in [0.05, 0.1) is 18.7 Å². The van der Waals surface area contributed by atoms with Gasteiger partial charge in [0.25, 0.3) is 5.91 Å². The molecule has 1 unspecified atom stereocenters. The van der Waals surface area contributed by atoms with Crippen molar-refractivity contribution in [2.24, 2.45) is 5.73 Å². The molecule has 6 nitrogen and oxygen atoms in total. The van der Waals surface area contributed by atoms with Gasteiger partial charge in [0.2, 0.25) is 0 Å². The first-order valence-electron chi connectivity index (χ1n) is 9.32. The third kappa shape index (κ3) is 4.01. The molecule has 148 valence electrons. The van der Waals surface area contributed by atoms with Crippen LogP contribution in [0.15, 0.2) is 60.2 Å². The number of nitrogens with one attached hydrogen (secondary N) is 2. The zero-order valence-corrected chi connectivity index (χ0v) is 16.8. The molecule has 7 heteroatoms. The number of rotatable bonds is 7. The summed E-state index contributed by atoms with van der Waals surface area (Å²) in [4.78, 5) is 21.5. The van der Waals surface area contributed by atoms with Gasteiger partial charge >= 0.3 is 0 Å². The molecule has 3 heterocycles. The van der Waals surface area contributed by atoms with E-state index in [0.717, 1.165) is 32.8 Å². The summed E-state index contributed by atoms with van der Waals surface area (Å²) in [6, 6.07) is 13.2. The molecule has 0 fully saturated rings. The summed E-state index contributed by atoms with van der Waals surface area (Å²) < 4.78 is 5.28. The van der Waals surface area contributed by atoms with E-state index in [4.69, 9.17) is 10.5 Å². The van der Waals surface area contributed by atoms with Crippen molar-refractivity contribution in [1.82, 2.24) is 15.3 Å². The summed E-state index contributed by atoms with van der Waals surface area (Å²) in [6.07, 6.45) is 4.34. The molecule has 4 aromatic rings. The average molecular weight is 407 g/mol. The Morgan fingerprint density at radius 3 is 3.03 bits per heavy atom. The second-order valence-corrected chi connectivity index (χ2v) is 7.68. The summed E-state index contributed by atoms with van der Waals surface area (Å²) in [5, 5.41) is 6.08. The number of nitrogens with zero attached hydrogens (tertiary/aromatic N) is 1. The molecule has 0 bridgehead atoms. The van der Waals surface area contributed by atoms with Crippen LogP contribution in [0.3, 0.4) is 0 Å². The van der Waals surface area contributed by atoms with Crippen molar-refractivity contribution in [3.8, 4) is 5.75 Å². The lowest BCUT2D eigenvalue weighted by molar-refractivity contribution is 0.0937. The Morgan fingerprint density at radius 1 is 1.31 bits per heavy atom. The van der Waals surface area contributed by atoms with Crippen LogP contribution in [0.2, 0.25) is 0 Å². The van der Waals surface area contributed by atoms with Crippen molar-refractivity contribution in [3.05, 3.63) is 81.8 Å². The number of hydrogen-bond donors (Lipinski definition) is 3. The number of methoxy groups -OCH3 is 1. The fourth-order valence-electron chi connectivity index (χ4n) is 3.40. The number of fused-ring (bicyclic) bond motifs is 1. The van der Waals surface area contributed by atoms with Crippen LogP contribution in [-0.4, -0.2) is 29.5 Å². The van der Waals surface area contributed by atoms with Crippen LogP contribution >= 0.6 is 11.3 Å². The molecule has 0 radical (unpaired) electrons. The Labute approximate surface area is 172 Å². The van der Waals surface area contributed by atoms with Crippen LogP contribution < -0.4 is 15.8 Å². The van der Waals surface area contributed by atoms with Crippen molar-refractivity contribution in [2.75, 3.05) is 13.7 Å². The van der Waals surface area contributed by atoms with Gasteiger partial charge in [0.15, 0.2) is 0 Å². The van der Waals surface area contributed by atoms with Gasteiger partial charge in [-0.3, -0.25) is 4.79 Å². The lowest BCUT2D eigenvalue weighted by Crippen LogP contribution is -2.33. The number of benzene rings is 1.